The molecule has 0 spiro atoms. The minimum atomic E-state index is -3.06. The summed E-state index contributed by atoms with van der Waals surface area (Å²) >= 11 is 6.03. The second kappa shape index (κ2) is 8.69. The second-order valence-electron chi connectivity index (χ2n) is 5.79. The number of nitrogens with one attached hydrogen (secondary N) is 1. The predicted octanol–water partition coefficient (Wildman–Crippen LogP) is 1.77. The number of hydrogen-bond acceptors (Lipinski definition) is 3. The molecule has 0 amide bonds. The van der Waals surface area contributed by atoms with E-state index in [1.807, 2.05) is 43.1 Å². The van der Waals surface area contributed by atoms with Crippen LogP contribution in [0.1, 0.15) is 18.9 Å². The van der Waals surface area contributed by atoms with Crippen LogP contribution in [0.3, 0.4) is 0 Å². The third kappa shape index (κ3) is 5.36. The van der Waals surface area contributed by atoms with E-state index in [0.717, 1.165) is 18.1 Å². The van der Waals surface area contributed by atoms with Crippen molar-refractivity contribution in [1.29, 1.82) is 0 Å². The monoisotopic (exact) mass is 372 g/mol. The van der Waals surface area contributed by atoms with Crippen LogP contribution >= 0.6 is 11.6 Å². The molecule has 0 saturated carbocycles. The summed E-state index contributed by atoms with van der Waals surface area (Å²) in [6, 6.07) is 7.72. The number of rotatable bonds is 6. The highest BCUT2D eigenvalue weighted by atomic mass is 35.5. The number of halogens is 1. The zero-order chi connectivity index (χ0) is 17.6. The van der Waals surface area contributed by atoms with Crippen molar-refractivity contribution >= 4 is 27.6 Å². The Balaban J connectivity index is 1.96. The fourth-order valence-electron chi connectivity index (χ4n) is 2.66. The van der Waals surface area contributed by atoms with Gasteiger partial charge in [-0.1, -0.05) is 23.7 Å². The maximum Gasteiger partial charge on any atom is 0.214 e. The molecule has 0 atom stereocenters. The molecule has 0 aliphatic carbocycles. The summed E-state index contributed by atoms with van der Waals surface area (Å²) in [4.78, 5) is 6.56. The molecule has 6 nitrogen and oxygen atoms in total. The minimum absolute atomic E-state index is 0.255. The van der Waals surface area contributed by atoms with Gasteiger partial charge in [0.25, 0.3) is 0 Å². The van der Waals surface area contributed by atoms with E-state index in [0.29, 0.717) is 37.6 Å². The molecule has 0 radical (unpaired) electrons. The fourth-order valence-corrected chi connectivity index (χ4v) is 4.40. The van der Waals surface area contributed by atoms with Gasteiger partial charge in [0, 0.05) is 38.2 Å². The fraction of sp³-hybridized carbons (Fsp3) is 0.562. The third-order valence-electron chi connectivity index (χ3n) is 3.82. The van der Waals surface area contributed by atoms with Crippen LogP contribution in [0, 0.1) is 0 Å². The number of benzene rings is 1. The van der Waals surface area contributed by atoms with Gasteiger partial charge in [0.15, 0.2) is 5.96 Å². The third-order valence-corrected chi connectivity index (χ3v) is 6.01. The van der Waals surface area contributed by atoms with Gasteiger partial charge in [-0.2, -0.15) is 0 Å². The summed E-state index contributed by atoms with van der Waals surface area (Å²) in [5, 5.41) is 3.95. The highest BCUT2D eigenvalue weighted by Crippen LogP contribution is 2.13. The van der Waals surface area contributed by atoms with Gasteiger partial charge in [0.05, 0.1) is 12.3 Å². The first kappa shape index (κ1) is 19.0. The summed E-state index contributed by atoms with van der Waals surface area (Å²) in [7, 11) is -1.10. The van der Waals surface area contributed by atoms with Gasteiger partial charge in [-0.25, -0.2) is 12.7 Å². The van der Waals surface area contributed by atoms with Gasteiger partial charge in [-0.3, -0.25) is 4.99 Å². The van der Waals surface area contributed by atoms with Crippen LogP contribution in [0.15, 0.2) is 29.3 Å². The van der Waals surface area contributed by atoms with Crippen molar-refractivity contribution in [2.75, 3.05) is 39.0 Å². The molecule has 24 heavy (non-hydrogen) atoms. The topological polar surface area (TPSA) is 65.0 Å². The summed E-state index contributed by atoms with van der Waals surface area (Å²) in [6.07, 6.45) is 0.709. The van der Waals surface area contributed by atoms with E-state index >= 15 is 0 Å². The van der Waals surface area contributed by atoms with Crippen LogP contribution in [-0.4, -0.2) is 62.6 Å². The lowest BCUT2D eigenvalue weighted by molar-refractivity contribution is 0.445. The maximum atomic E-state index is 11.8. The van der Waals surface area contributed by atoms with E-state index < -0.39 is 10.0 Å². The molecule has 2 rings (SSSR count). The largest absolute Gasteiger partial charge is 0.357 e. The Morgan fingerprint density at radius 3 is 2.88 bits per heavy atom. The smallest absolute Gasteiger partial charge is 0.214 e. The van der Waals surface area contributed by atoms with Gasteiger partial charge >= 0.3 is 0 Å². The maximum absolute atomic E-state index is 11.8. The van der Waals surface area contributed by atoms with Crippen molar-refractivity contribution in [2.24, 2.45) is 4.99 Å². The van der Waals surface area contributed by atoms with Crippen LogP contribution < -0.4 is 5.32 Å². The van der Waals surface area contributed by atoms with E-state index in [2.05, 4.69) is 10.3 Å². The lowest BCUT2D eigenvalue weighted by Crippen LogP contribution is -2.39. The molecule has 0 aromatic heterocycles. The van der Waals surface area contributed by atoms with E-state index in [1.165, 1.54) is 4.31 Å². The lowest BCUT2D eigenvalue weighted by Gasteiger charge is -2.22. The van der Waals surface area contributed by atoms with Crippen LogP contribution in [0.5, 0.6) is 0 Å². The summed E-state index contributed by atoms with van der Waals surface area (Å²) in [5.41, 5.74) is 1.10. The minimum Gasteiger partial charge on any atom is -0.357 e. The number of sulfonamides is 1. The Kier molecular flexibility index (Phi) is 6.89. The molecule has 1 N–H and O–H groups in total. The molecule has 0 bridgehead atoms. The molecule has 1 fully saturated rings. The highest BCUT2D eigenvalue weighted by molar-refractivity contribution is 7.89. The molecule has 8 heteroatoms. The Labute approximate surface area is 149 Å². The molecule has 1 aliphatic rings. The number of aliphatic imine (C=N–C) groups is 1. The van der Waals surface area contributed by atoms with Crippen molar-refractivity contribution in [1.82, 2.24) is 14.5 Å². The van der Waals surface area contributed by atoms with Crippen molar-refractivity contribution in [3.8, 4) is 0 Å². The predicted molar refractivity (Wildman–Crippen MR) is 98.9 cm³/mol. The molecule has 1 aromatic carbocycles. The first-order chi connectivity index (χ1) is 11.4. The molecule has 1 heterocycles. The molecular weight excluding hydrogens is 348 g/mol. The van der Waals surface area contributed by atoms with Crippen LogP contribution in [-0.2, 0) is 16.6 Å². The van der Waals surface area contributed by atoms with E-state index in [9.17, 15) is 8.42 Å². The lowest BCUT2D eigenvalue weighted by atomic mass is 10.2. The zero-order valence-corrected chi connectivity index (χ0v) is 15.8. The highest BCUT2D eigenvalue weighted by Gasteiger charge is 2.27. The van der Waals surface area contributed by atoms with Crippen molar-refractivity contribution in [2.45, 2.75) is 19.9 Å². The summed E-state index contributed by atoms with van der Waals surface area (Å²) in [5.74, 6) is 1.01. The Morgan fingerprint density at radius 1 is 1.46 bits per heavy atom. The number of nitrogens with zero attached hydrogens (tertiary/aromatic N) is 3. The SMILES string of the molecule is CCNC(=NCCN1CCCS1(=O)=O)N(C)Cc1cccc(Cl)c1. The average Bonchev–Trinajstić information content (AvgIpc) is 2.85. The average molecular weight is 373 g/mol. The Bertz CT molecular complexity index is 678. The first-order valence-corrected chi connectivity index (χ1v) is 10.1. The van der Waals surface area contributed by atoms with Crippen LogP contribution in [0.25, 0.3) is 0 Å². The Morgan fingerprint density at radius 2 is 2.25 bits per heavy atom. The second-order valence-corrected chi connectivity index (χ2v) is 8.32. The van der Waals surface area contributed by atoms with Gasteiger partial charge < -0.3 is 10.2 Å². The molecule has 1 saturated heterocycles. The van der Waals surface area contributed by atoms with Gasteiger partial charge in [-0.05, 0) is 31.0 Å². The van der Waals surface area contributed by atoms with Crippen LogP contribution in [0.4, 0.5) is 0 Å². The van der Waals surface area contributed by atoms with Crippen molar-refractivity contribution in [3.63, 3.8) is 0 Å². The van der Waals surface area contributed by atoms with Gasteiger partial charge in [-0.15, -0.1) is 0 Å². The quantitative estimate of drug-likeness (QED) is 0.610. The van der Waals surface area contributed by atoms with Crippen LogP contribution in [0.2, 0.25) is 5.02 Å². The first-order valence-electron chi connectivity index (χ1n) is 8.14. The van der Waals surface area contributed by atoms with Crippen molar-refractivity contribution < 1.29 is 8.42 Å². The molecule has 134 valence electrons. The summed E-state index contributed by atoms with van der Waals surface area (Å²) < 4.78 is 25.1. The molecule has 1 aliphatic heterocycles. The van der Waals surface area contributed by atoms with Gasteiger partial charge in [0.1, 0.15) is 0 Å². The standard InChI is InChI=1S/C16H25ClN4O2S/c1-3-18-16(19-8-10-21-9-5-11-24(21,22)23)20(2)13-14-6-4-7-15(17)12-14/h4,6-7,12H,3,5,8-11,13H2,1-2H3,(H,18,19). The normalized spacial score (nSPS) is 17.9. The van der Waals surface area contributed by atoms with E-state index in [4.69, 9.17) is 11.6 Å². The van der Waals surface area contributed by atoms with Crippen molar-refractivity contribution in [3.05, 3.63) is 34.9 Å². The molecular formula is C16H25ClN4O2S. The van der Waals surface area contributed by atoms with E-state index in [-0.39, 0.29) is 5.75 Å². The number of hydrogen-bond donors (Lipinski definition) is 1. The Hall–Kier alpha value is -1.31. The number of guanidine groups is 1. The molecule has 0 unspecified atom stereocenters. The van der Waals surface area contributed by atoms with Gasteiger partial charge in [0.2, 0.25) is 10.0 Å². The van der Waals surface area contributed by atoms with E-state index in [1.54, 1.807) is 0 Å². The zero-order valence-electron chi connectivity index (χ0n) is 14.2. The molecule has 1 aromatic rings. The summed E-state index contributed by atoms with van der Waals surface area (Å²) in [6.45, 7) is 4.92.